The van der Waals surface area contributed by atoms with Crippen molar-refractivity contribution in [3.63, 3.8) is 0 Å². The third-order valence-electron chi connectivity index (χ3n) is 3.76. The Kier molecular flexibility index (Phi) is 7.14. The summed E-state index contributed by atoms with van der Waals surface area (Å²) >= 11 is 0. The van der Waals surface area contributed by atoms with E-state index in [4.69, 9.17) is 9.47 Å². The number of para-hydroxylation sites is 1. The summed E-state index contributed by atoms with van der Waals surface area (Å²) in [6.45, 7) is 6.33. The first-order chi connectivity index (χ1) is 11.7. The normalized spacial score (nSPS) is 14.2. The van der Waals surface area contributed by atoms with E-state index in [2.05, 4.69) is 6.58 Å². The summed E-state index contributed by atoms with van der Waals surface area (Å²) in [5.41, 5.74) is 0. The quantitative estimate of drug-likeness (QED) is 0.568. The van der Waals surface area contributed by atoms with Crippen molar-refractivity contribution in [1.82, 2.24) is 9.80 Å². The predicted molar refractivity (Wildman–Crippen MR) is 90.9 cm³/mol. The van der Waals surface area contributed by atoms with Crippen LogP contribution in [-0.2, 0) is 9.53 Å². The third kappa shape index (κ3) is 5.61. The highest BCUT2D eigenvalue weighted by Crippen LogP contribution is 2.10. The fraction of sp³-hybridized carbons (Fsp3) is 0.444. The lowest BCUT2D eigenvalue weighted by Gasteiger charge is -2.34. The summed E-state index contributed by atoms with van der Waals surface area (Å²) < 4.78 is 10.6. The molecule has 1 aliphatic heterocycles. The molecule has 0 spiro atoms. The van der Waals surface area contributed by atoms with E-state index in [1.807, 2.05) is 30.3 Å². The zero-order chi connectivity index (χ0) is 17.2. The SMILES string of the molecule is C=CCOC(=O)N1CCN(C(=O)CCCOc2ccccc2)CC1. The molecular formula is C18H24N2O4. The van der Waals surface area contributed by atoms with E-state index in [9.17, 15) is 9.59 Å². The lowest BCUT2D eigenvalue weighted by atomic mass is 10.2. The van der Waals surface area contributed by atoms with Gasteiger partial charge in [0, 0.05) is 32.6 Å². The Labute approximate surface area is 142 Å². The van der Waals surface area contributed by atoms with E-state index in [1.54, 1.807) is 9.80 Å². The maximum Gasteiger partial charge on any atom is 0.410 e. The number of piperazine rings is 1. The Morgan fingerprint density at radius 1 is 1.08 bits per heavy atom. The van der Waals surface area contributed by atoms with Gasteiger partial charge in [-0.3, -0.25) is 4.79 Å². The Morgan fingerprint density at radius 2 is 1.75 bits per heavy atom. The van der Waals surface area contributed by atoms with E-state index in [0.717, 1.165) is 5.75 Å². The van der Waals surface area contributed by atoms with Gasteiger partial charge in [-0.1, -0.05) is 30.9 Å². The van der Waals surface area contributed by atoms with Crippen LogP contribution in [0.4, 0.5) is 4.79 Å². The molecule has 2 amide bonds. The number of hydrogen-bond donors (Lipinski definition) is 0. The van der Waals surface area contributed by atoms with Crippen molar-refractivity contribution in [3.05, 3.63) is 43.0 Å². The van der Waals surface area contributed by atoms with Crippen LogP contribution in [0.2, 0.25) is 0 Å². The molecule has 0 N–H and O–H groups in total. The highest BCUT2D eigenvalue weighted by Gasteiger charge is 2.24. The summed E-state index contributed by atoms with van der Waals surface area (Å²) in [5.74, 6) is 0.919. The molecule has 6 heteroatoms. The minimum atomic E-state index is -0.349. The molecule has 0 unspecified atom stereocenters. The van der Waals surface area contributed by atoms with Crippen LogP contribution in [-0.4, -0.2) is 61.2 Å². The van der Waals surface area contributed by atoms with Crippen molar-refractivity contribution in [2.45, 2.75) is 12.8 Å². The first-order valence-electron chi connectivity index (χ1n) is 8.19. The molecule has 1 heterocycles. The first-order valence-corrected chi connectivity index (χ1v) is 8.19. The van der Waals surface area contributed by atoms with Crippen LogP contribution in [0.5, 0.6) is 5.75 Å². The van der Waals surface area contributed by atoms with Gasteiger partial charge in [-0.15, -0.1) is 0 Å². The van der Waals surface area contributed by atoms with Gasteiger partial charge in [0.15, 0.2) is 0 Å². The summed E-state index contributed by atoms with van der Waals surface area (Å²) in [6.07, 6.45) is 2.32. The van der Waals surface area contributed by atoms with E-state index in [1.165, 1.54) is 6.08 Å². The van der Waals surface area contributed by atoms with Crippen LogP contribution in [0.15, 0.2) is 43.0 Å². The average molecular weight is 332 g/mol. The standard InChI is InChI=1S/C18H24N2O4/c1-2-14-24-18(22)20-12-10-19(11-13-20)17(21)9-6-15-23-16-7-4-3-5-8-16/h2-5,7-8H,1,6,9-15H2. The fourth-order valence-electron chi connectivity index (χ4n) is 2.45. The largest absolute Gasteiger partial charge is 0.494 e. The number of carbonyl (C=O) groups excluding carboxylic acids is 2. The Bertz CT molecular complexity index is 539. The maximum absolute atomic E-state index is 12.2. The summed E-state index contributed by atoms with van der Waals surface area (Å²) in [5, 5.41) is 0. The molecule has 24 heavy (non-hydrogen) atoms. The van der Waals surface area contributed by atoms with Gasteiger partial charge in [0.2, 0.25) is 5.91 Å². The molecule has 1 saturated heterocycles. The molecular weight excluding hydrogens is 308 g/mol. The zero-order valence-corrected chi connectivity index (χ0v) is 13.9. The smallest absolute Gasteiger partial charge is 0.410 e. The molecule has 130 valence electrons. The molecule has 1 aliphatic rings. The maximum atomic E-state index is 12.2. The number of benzene rings is 1. The molecule has 0 radical (unpaired) electrons. The van der Waals surface area contributed by atoms with Gasteiger partial charge in [-0.05, 0) is 18.6 Å². The molecule has 0 bridgehead atoms. The summed E-state index contributed by atoms with van der Waals surface area (Å²) in [7, 11) is 0. The van der Waals surface area contributed by atoms with Crippen molar-refractivity contribution >= 4 is 12.0 Å². The Morgan fingerprint density at radius 3 is 2.42 bits per heavy atom. The average Bonchev–Trinajstić information content (AvgIpc) is 2.64. The molecule has 0 atom stereocenters. The van der Waals surface area contributed by atoms with Crippen LogP contribution in [0.25, 0.3) is 0 Å². The molecule has 1 aromatic rings. The highest BCUT2D eigenvalue weighted by molar-refractivity contribution is 5.76. The molecule has 0 aromatic heterocycles. The molecule has 0 aliphatic carbocycles. The minimum Gasteiger partial charge on any atom is -0.494 e. The van der Waals surface area contributed by atoms with E-state index in [0.29, 0.717) is 45.6 Å². The first kappa shape index (κ1) is 17.8. The van der Waals surface area contributed by atoms with Gasteiger partial charge < -0.3 is 19.3 Å². The minimum absolute atomic E-state index is 0.103. The van der Waals surface area contributed by atoms with Crippen LogP contribution in [0, 0.1) is 0 Å². The van der Waals surface area contributed by atoms with Gasteiger partial charge in [0.1, 0.15) is 12.4 Å². The van der Waals surface area contributed by atoms with Gasteiger partial charge in [-0.25, -0.2) is 4.79 Å². The number of amides is 2. The van der Waals surface area contributed by atoms with Crippen molar-refractivity contribution in [3.8, 4) is 5.75 Å². The predicted octanol–water partition coefficient (Wildman–Crippen LogP) is 2.31. The van der Waals surface area contributed by atoms with E-state index >= 15 is 0 Å². The Balaban J connectivity index is 1.62. The van der Waals surface area contributed by atoms with Gasteiger partial charge in [0.05, 0.1) is 6.61 Å². The molecule has 6 nitrogen and oxygen atoms in total. The number of hydrogen-bond acceptors (Lipinski definition) is 4. The second-order valence-electron chi connectivity index (χ2n) is 5.50. The molecule has 2 rings (SSSR count). The van der Waals surface area contributed by atoms with E-state index in [-0.39, 0.29) is 18.6 Å². The van der Waals surface area contributed by atoms with Crippen molar-refractivity contribution in [1.29, 1.82) is 0 Å². The number of nitrogens with zero attached hydrogens (tertiary/aromatic N) is 2. The monoisotopic (exact) mass is 332 g/mol. The third-order valence-corrected chi connectivity index (χ3v) is 3.76. The van der Waals surface area contributed by atoms with Crippen molar-refractivity contribution in [2.24, 2.45) is 0 Å². The molecule has 0 saturated carbocycles. The fourth-order valence-corrected chi connectivity index (χ4v) is 2.45. The number of ether oxygens (including phenoxy) is 2. The van der Waals surface area contributed by atoms with Crippen molar-refractivity contribution in [2.75, 3.05) is 39.4 Å². The van der Waals surface area contributed by atoms with Crippen molar-refractivity contribution < 1.29 is 19.1 Å². The Hall–Kier alpha value is -2.50. The van der Waals surface area contributed by atoms with Crippen LogP contribution < -0.4 is 4.74 Å². The second-order valence-corrected chi connectivity index (χ2v) is 5.50. The number of carbonyl (C=O) groups is 2. The highest BCUT2D eigenvalue weighted by atomic mass is 16.6. The van der Waals surface area contributed by atoms with Crippen LogP contribution >= 0.6 is 0 Å². The second kappa shape index (κ2) is 9.60. The van der Waals surface area contributed by atoms with E-state index < -0.39 is 0 Å². The summed E-state index contributed by atoms with van der Waals surface area (Å²) in [6, 6.07) is 9.56. The van der Waals surface area contributed by atoms with Crippen LogP contribution in [0.3, 0.4) is 0 Å². The molecule has 1 fully saturated rings. The van der Waals surface area contributed by atoms with Gasteiger partial charge in [-0.2, -0.15) is 0 Å². The van der Waals surface area contributed by atoms with Gasteiger partial charge >= 0.3 is 6.09 Å². The molecule has 1 aromatic carbocycles. The van der Waals surface area contributed by atoms with Gasteiger partial charge in [0.25, 0.3) is 0 Å². The van der Waals surface area contributed by atoms with Crippen LogP contribution in [0.1, 0.15) is 12.8 Å². The lowest BCUT2D eigenvalue weighted by Crippen LogP contribution is -2.50. The summed E-state index contributed by atoms with van der Waals surface area (Å²) in [4.78, 5) is 27.3. The lowest BCUT2D eigenvalue weighted by molar-refractivity contribution is -0.133. The zero-order valence-electron chi connectivity index (χ0n) is 13.9. The topological polar surface area (TPSA) is 59.1 Å². The number of rotatable bonds is 7.